The Morgan fingerprint density at radius 2 is 2.20 bits per heavy atom. The Labute approximate surface area is 145 Å². The highest BCUT2D eigenvalue weighted by atomic mass is 19.1. The molecule has 0 spiro atoms. The zero-order chi connectivity index (χ0) is 18.8. The van der Waals surface area contributed by atoms with Gasteiger partial charge in [0.15, 0.2) is 0 Å². The number of rotatable bonds is 6. The number of nitriles is 1. The maximum absolute atomic E-state index is 13.9. The summed E-state index contributed by atoms with van der Waals surface area (Å²) in [6.45, 7) is 6.19. The van der Waals surface area contributed by atoms with Gasteiger partial charge in [-0.2, -0.15) is 10.4 Å². The number of anilines is 1. The lowest BCUT2D eigenvalue weighted by atomic mass is 10.0. The summed E-state index contributed by atoms with van der Waals surface area (Å²) in [5.74, 6) is -0.509. The Morgan fingerprint density at radius 1 is 1.52 bits per heavy atom. The molecule has 1 unspecified atom stereocenters. The first-order valence-corrected chi connectivity index (χ1v) is 7.96. The van der Waals surface area contributed by atoms with Crippen molar-refractivity contribution in [1.82, 2.24) is 14.9 Å². The van der Waals surface area contributed by atoms with Crippen LogP contribution in [0.25, 0.3) is 5.52 Å². The van der Waals surface area contributed by atoms with E-state index in [1.54, 1.807) is 12.3 Å². The predicted molar refractivity (Wildman–Crippen MR) is 92.2 cm³/mol. The van der Waals surface area contributed by atoms with Gasteiger partial charge in [0, 0.05) is 12.2 Å². The molecule has 0 aliphatic rings. The number of hydrogen-bond donors (Lipinski definition) is 3. The van der Waals surface area contributed by atoms with Gasteiger partial charge in [-0.25, -0.2) is 8.91 Å². The lowest BCUT2D eigenvalue weighted by Gasteiger charge is -2.23. The first-order chi connectivity index (χ1) is 11.6. The SMILES string of the molecule is CC(C)Nc1c(C(=O)NCC(F)C(C)(C)O)cnn2cc(C#N)cc12. The highest BCUT2D eigenvalue weighted by molar-refractivity contribution is 6.03. The molecule has 0 fully saturated rings. The van der Waals surface area contributed by atoms with Crippen molar-refractivity contribution in [2.24, 2.45) is 0 Å². The van der Waals surface area contributed by atoms with E-state index < -0.39 is 17.7 Å². The largest absolute Gasteiger partial charge is 0.387 e. The molecule has 0 saturated carbocycles. The molecule has 1 amide bonds. The first-order valence-electron chi connectivity index (χ1n) is 7.96. The van der Waals surface area contributed by atoms with Gasteiger partial charge in [-0.05, 0) is 33.8 Å². The monoisotopic (exact) mass is 347 g/mol. The molecule has 0 saturated heterocycles. The summed E-state index contributed by atoms with van der Waals surface area (Å²) in [5, 5.41) is 28.5. The zero-order valence-electron chi connectivity index (χ0n) is 14.7. The number of nitrogens with zero attached hydrogens (tertiary/aromatic N) is 3. The quantitative estimate of drug-likeness (QED) is 0.740. The third-order valence-electron chi connectivity index (χ3n) is 3.65. The Morgan fingerprint density at radius 3 is 2.76 bits per heavy atom. The van der Waals surface area contributed by atoms with Crippen molar-refractivity contribution in [2.45, 2.75) is 45.5 Å². The lowest BCUT2D eigenvalue weighted by molar-refractivity contribution is -0.00177. The summed E-state index contributed by atoms with van der Waals surface area (Å²) in [4.78, 5) is 12.5. The second-order valence-electron chi connectivity index (χ2n) is 6.73. The minimum atomic E-state index is -1.60. The van der Waals surface area contributed by atoms with Gasteiger partial charge in [-0.3, -0.25) is 4.79 Å². The average Bonchev–Trinajstić information content (AvgIpc) is 2.94. The average molecular weight is 347 g/mol. The Hall–Kier alpha value is -2.66. The Kier molecular flexibility index (Phi) is 5.28. The van der Waals surface area contributed by atoms with Gasteiger partial charge >= 0.3 is 0 Å². The topological polar surface area (TPSA) is 102 Å². The van der Waals surface area contributed by atoms with Crippen LogP contribution in [0.1, 0.15) is 43.6 Å². The molecule has 2 aromatic rings. The van der Waals surface area contributed by atoms with Crippen LogP contribution in [-0.2, 0) is 0 Å². The molecular weight excluding hydrogens is 325 g/mol. The molecule has 0 aliphatic heterocycles. The van der Waals surface area contributed by atoms with Gasteiger partial charge in [0.25, 0.3) is 5.91 Å². The fourth-order valence-electron chi connectivity index (χ4n) is 2.26. The number of aliphatic hydroxyl groups is 1. The summed E-state index contributed by atoms with van der Waals surface area (Å²) in [7, 11) is 0. The smallest absolute Gasteiger partial charge is 0.255 e. The number of amides is 1. The zero-order valence-corrected chi connectivity index (χ0v) is 14.7. The van der Waals surface area contributed by atoms with Crippen molar-refractivity contribution < 1.29 is 14.3 Å². The van der Waals surface area contributed by atoms with Gasteiger partial charge in [-0.1, -0.05) is 0 Å². The third-order valence-corrected chi connectivity index (χ3v) is 3.65. The van der Waals surface area contributed by atoms with Gasteiger partial charge in [-0.15, -0.1) is 0 Å². The molecule has 0 bridgehead atoms. The maximum atomic E-state index is 13.9. The van der Waals surface area contributed by atoms with Crippen molar-refractivity contribution in [3.8, 4) is 6.07 Å². The fraction of sp³-hybridized carbons (Fsp3) is 0.471. The molecule has 2 aromatic heterocycles. The number of hydrogen-bond acceptors (Lipinski definition) is 5. The van der Waals surface area contributed by atoms with E-state index >= 15 is 0 Å². The number of carbonyl (C=O) groups is 1. The molecule has 25 heavy (non-hydrogen) atoms. The van der Waals surface area contributed by atoms with Crippen LogP contribution in [0.4, 0.5) is 10.1 Å². The molecule has 0 aromatic carbocycles. The van der Waals surface area contributed by atoms with E-state index in [2.05, 4.69) is 15.7 Å². The van der Waals surface area contributed by atoms with Crippen molar-refractivity contribution in [3.63, 3.8) is 0 Å². The van der Waals surface area contributed by atoms with Gasteiger partial charge in [0.05, 0.1) is 40.7 Å². The van der Waals surface area contributed by atoms with Crippen LogP contribution >= 0.6 is 0 Å². The summed E-state index contributed by atoms with van der Waals surface area (Å²) in [6, 6.07) is 3.70. The normalized spacial score (nSPS) is 12.9. The molecule has 0 aliphatic carbocycles. The predicted octanol–water partition coefficient (Wildman–Crippen LogP) is 1.87. The molecule has 1 atom stereocenters. The van der Waals surface area contributed by atoms with Gasteiger partial charge < -0.3 is 15.7 Å². The molecule has 0 radical (unpaired) electrons. The van der Waals surface area contributed by atoms with Crippen molar-refractivity contribution >= 4 is 17.1 Å². The molecular formula is C17H22FN5O2. The standard InChI is InChI=1S/C17H22FN5O2/c1-10(2)22-15-12(16(24)20-8-14(18)17(3,4)25)7-21-23-9-11(6-19)5-13(15)23/h5,7,9-10,14,22,25H,8H2,1-4H3,(H,20,24). The van der Waals surface area contributed by atoms with Crippen molar-refractivity contribution in [2.75, 3.05) is 11.9 Å². The van der Waals surface area contributed by atoms with Crippen molar-refractivity contribution in [1.29, 1.82) is 5.26 Å². The Balaban J connectivity index is 2.36. The second-order valence-corrected chi connectivity index (χ2v) is 6.73. The van der Waals surface area contributed by atoms with E-state index in [-0.39, 0.29) is 18.2 Å². The molecule has 7 nitrogen and oxygen atoms in total. The summed E-state index contributed by atoms with van der Waals surface area (Å²) in [5.41, 5.74) is 0.215. The lowest BCUT2D eigenvalue weighted by Crippen LogP contribution is -2.42. The first kappa shape index (κ1) is 18.7. The van der Waals surface area contributed by atoms with E-state index in [4.69, 9.17) is 5.26 Å². The van der Waals surface area contributed by atoms with E-state index in [0.717, 1.165) is 0 Å². The highest BCUT2D eigenvalue weighted by Gasteiger charge is 2.27. The Bertz CT molecular complexity index is 817. The molecule has 3 N–H and O–H groups in total. The van der Waals surface area contributed by atoms with Crippen LogP contribution in [0.5, 0.6) is 0 Å². The van der Waals surface area contributed by atoms with Crippen LogP contribution in [0.2, 0.25) is 0 Å². The van der Waals surface area contributed by atoms with E-state index in [0.29, 0.717) is 16.8 Å². The minimum Gasteiger partial charge on any atom is -0.387 e. The molecule has 2 heterocycles. The van der Waals surface area contributed by atoms with Crippen LogP contribution in [0.15, 0.2) is 18.5 Å². The minimum absolute atomic E-state index is 0.0310. The third kappa shape index (κ3) is 4.25. The number of carbonyl (C=O) groups excluding carboxylic acids is 1. The maximum Gasteiger partial charge on any atom is 0.255 e. The second kappa shape index (κ2) is 7.07. The van der Waals surface area contributed by atoms with E-state index in [1.165, 1.54) is 24.6 Å². The number of alkyl halides is 1. The number of fused-ring (bicyclic) bond motifs is 1. The van der Waals surface area contributed by atoms with Gasteiger partial charge in [0.2, 0.25) is 0 Å². The summed E-state index contributed by atoms with van der Waals surface area (Å²) < 4.78 is 15.4. The molecule has 134 valence electrons. The molecule has 8 heteroatoms. The van der Waals surface area contributed by atoms with Crippen molar-refractivity contribution in [3.05, 3.63) is 29.6 Å². The van der Waals surface area contributed by atoms with E-state index in [9.17, 15) is 14.3 Å². The number of aromatic nitrogens is 2. The molecule has 2 rings (SSSR count). The fourth-order valence-corrected chi connectivity index (χ4v) is 2.26. The highest BCUT2D eigenvalue weighted by Crippen LogP contribution is 2.24. The van der Waals surface area contributed by atoms with E-state index in [1.807, 2.05) is 19.9 Å². The number of nitrogens with one attached hydrogen (secondary N) is 2. The number of halogens is 1. The summed E-state index contributed by atoms with van der Waals surface area (Å²) in [6.07, 6.45) is 1.33. The van der Waals surface area contributed by atoms with Crippen LogP contribution in [0, 0.1) is 11.3 Å². The van der Waals surface area contributed by atoms with Crippen LogP contribution < -0.4 is 10.6 Å². The van der Waals surface area contributed by atoms with Gasteiger partial charge in [0.1, 0.15) is 12.2 Å². The van der Waals surface area contributed by atoms with Crippen LogP contribution in [0.3, 0.4) is 0 Å². The summed E-state index contributed by atoms with van der Waals surface area (Å²) >= 11 is 0. The van der Waals surface area contributed by atoms with Crippen LogP contribution in [-0.4, -0.2) is 45.0 Å².